The maximum absolute atomic E-state index is 11.9. The fraction of sp³-hybridized carbons (Fsp3) is 0.286. The summed E-state index contributed by atoms with van der Waals surface area (Å²) in [6.45, 7) is 1.67. The number of pyridine rings is 1. The van der Waals surface area contributed by atoms with Crippen LogP contribution in [-0.4, -0.2) is 15.6 Å². The number of aliphatic carboxylic acids is 1. The molecule has 0 bridgehead atoms. The fourth-order valence-electron chi connectivity index (χ4n) is 2.74. The molecule has 0 fully saturated rings. The monoisotopic (exact) mass is 277 g/mol. The fourth-order valence-corrected chi connectivity index (χ4v) is 2.99. The summed E-state index contributed by atoms with van der Waals surface area (Å²) >= 11 is 6.17. The van der Waals surface area contributed by atoms with Crippen molar-refractivity contribution in [2.45, 2.75) is 25.3 Å². The number of nitrogens with zero attached hydrogens (tertiary/aromatic N) is 1. The van der Waals surface area contributed by atoms with Crippen LogP contribution in [0.1, 0.15) is 18.9 Å². The normalized spacial score (nSPS) is 21.6. The second-order valence-electron chi connectivity index (χ2n) is 5.05. The highest BCUT2D eigenvalue weighted by molar-refractivity contribution is 6.32. The molecule has 1 aromatic heterocycles. The van der Waals surface area contributed by atoms with Gasteiger partial charge in [0.05, 0.1) is 5.52 Å². The molecule has 0 spiro atoms. The largest absolute Gasteiger partial charge is 0.479 e. The molecule has 0 amide bonds. The molecule has 1 unspecified atom stereocenters. The molecule has 1 aliphatic rings. The standard InChI is InChI=1S/C14H12ClNO3/c1-14(13(18)19)6-4-8-10(15)3-2-9-11(17)5-7-16(14)12(8)9/h2-3,5,7H,4,6H2,1H3,(H,18,19). The van der Waals surface area contributed by atoms with Gasteiger partial charge in [0.15, 0.2) is 5.43 Å². The molecule has 98 valence electrons. The van der Waals surface area contributed by atoms with Crippen LogP contribution in [0.5, 0.6) is 0 Å². The van der Waals surface area contributed by atoms with E-state index in [2.05, 4.69) is 0 Å². The summed E-state index contributed by atoms with van der Waals surface area (Å²) in [5.74, 6) is -0.900. The average Bonchev–Trinajstić information content (AvgIpc) is 2.37. The van der Waals surface area contributed by atoms with E-state index in [9.17, 15) is 14.7 Å². The van der Waals surface area contributed by atoms with Crippen LogP contribution in [0.25, 0.3) is 10.9 Å². The van der Waals surface area contributed by atoms with Crippen molar-refractivity contribution in [2.75, 3.05) is 0 Å². The molecule has 1 aliphatic heterocycles. The minimum absolute atomic E-state index is 0.112. The first-order chi connectivity index (χ1) is 8.95. The third-order valence-corrected chi connectivity index (χ3v) is 4.32. The molecule has 4 nitrogen and oxygen atoms in total. The Bertz CT molecular complexity index is 765. The first kappa shape index (κ1) is 12.2. The Morgan fingerprint density at radius 2 is 2.16 bits per heavy atom. The summed E-state index contributed by atoms with van der Waals surface area (Å²) in [6.07, 6.45) is 2.57. The number of rotatable bonds is 1. The molecule has 0 saturated heterocycles. The van der Waals surface area contributed by atoms with Crippen LogP contribution >= 0.6 is 11.6 Å². The molecule has 3 rings (SSSR count). The number of aromatic nitrogens is 1. The number of hydrogen-bond donors (Lipinski definition) is 1. The number of carbonyl (C=O) groups is 1. The van der Waals surface area contributed by atoms with Crippen molar-refractivity contribution in [3.63, 3.8) is 0 Å². The Balaban J connectivity index is 2.51. The third-order valence-electron chi connectivity index (χ3n) is 3.96. The summed E-state index contributed by atoms with van der Waals surface area (Å²) < 4.78 is 1.66. The van der Waals surface area contributed by atoms with E-state index in [1.165, 1.54) is 6.07 Å². The van der Waals surface area contributed by atoms with Gasteiger partial charge in [0, 0.05) is 22.7 Å². The predicted molar refractivity (Wildman–Crippen MR) is 72.8 cm³/mol. The topological polar surface area (TPSA) is 59.3 Å². The molecule has 2 aromatic rings. The lowest BCUT2D eigenvalue weighted by molar-refractivity contribution is -0.147. The quantitative estimate of drug-likeness (QED) is 0.871. The molecule has 1 atom stereocenters. The molecular formula is C14H12ClNO3. The van der Waals surface area contributed by atoms with Gasteiger partial charge in [-0.15, -0.1) is 0 Å². The van der Waals surface area contributed by atoms with Crippen molar-refractivity contribution < 1.29 is 9.90 Å². The molecule has 0 radical (unpaired) electrons. The molecule has 19 heavy (non-hydrogen) atoms. The van der Waals surface area contributed by atoms with Gasteiger partial charge >= 0.3 is 5.97 Å². The Hall–Kier alpha value is -1.81. The number of benzene rings is 1. The van der Waals surface area contributed by atoms with Crippen molar-refractivity contribution in [3.8, 4) is 0 Å². The number of carboxylic acids is 1. The molecule has 5 heteroatoms. The Labute approximate surface area is 114 Å². The maximum atomic E-state index is 11.9. The minimum atomic E-state index is -1.04. The highest BCUT2D eigenvalue weighted by atomic mass is 35.5. The van der Waals surface area contributed by atoms with E-state index >= 15 is 0 Å². The first-order valence-corrected chi connectivity index (χ1v) is 6.39. The minimum Gasteiger partial charge on any atom is -0.479 e. The molecule has 1 aromatic carbocycles. The van der Waals surface area contributed by atoms with E-state index in [0.717, 1.165) is 5.56 Å². The van der Waals surface area contributed by atoms with Gasteiger partial charge in [-0.25, -0.2) is 4.79 Å². The average molecular weight is 278 g/mol. The third kappa shape index (κ3) is 1.53. The van der Waals surface area contributed by atoms with Gasteiger partial charge in [-0.1, -0.05) is 11.6 Å². The van der Waals surface area contributed by atoms with Gasteiger partial charge in [-0.2, -0.15) is 0 Å². The Morgan fingerprint density at radius 1 is 1.42 bits per heavy atom. The van der Waals surface area contributed by atoms with Crippen LogP contribution in [0.3, 0.4) is 0 Å². The molecule has 1 N–H and O–H groups in total. The van der Waals surface area contributed by atoms with Gasteiger partial charge < -0.3 is 9.67 Å². The van der Waals surface area contributed by atoms with E-state index in [4.69, 9.17) is 11.6 Å². The van der Waals surface area contributed by atoms with Crippen LogP contribution in [0, 0.1) is 0 Å². The SMILES string of the molecule is CC1(C(=O)O)CCc2c(Cl)ccc3c(=O)ccn1c23. The van der Waals surface area contributed by atoms with E-state index in [1.807, 2.05) is 0 Å². The van der Waals surface area contributed by atoms with Crippen molar-refractivity contribution in [1.29, 1.82) is 0 Å². The van der Waals surface area contributed by atoms with Gasteiger partial charge in [0.2, 0.25) is 0 Å². The van der Waals surface area contributed by atoms with E-state index in [-0.39, 0.29) is 5.43 Å². The van der Waals surface area contributed by atoms with Crippen LogP contribution in [-0.2, 0) is 16.8 Å². The summed E-state index contributed by atoms with van der Waals surface area (Å²) in [7, 11) is 0. The molecular weight excluding hydrogens is 266 g/mol. The van der Waals surface area contributed by atoms with E-state index in [0.29, 0.717) is 28.8 Å². The number of hydrogen-bond acceptors (Lipinski definition) is 2. The summed E-state index contributed by atoms with van der Waals surface area (Å²) in [6, 6.07) is 4.77. The molecule has 2 heterocycles. The Kier molecular flexibility index (Phi) is 2.47. The van der Waals surface area contributed by atoms with Crippen LogP contribution in [0.4, 0.5) is 0 Å². The zero-order valence-corrected chi connectivity index (χ0v) is 11.1. The van der Waals surface area contributed by atoms with Crippen LogP contribution in [0.15, 0.2) is 29.2 Å². The van der Waals surface area contributed by atoms with E-state index in [1.54, 1.807) is 29.8 Å². The van der Waals surface area contributed by atoms with Crippen LogP contribution in [0.2, 0.25) is 5.02 Å². The predicted octanol–water partition coefficient (Wildman–Crippen LogP) is 2.40. The molecule has 0 aliphatic carbocycles. The van der Waals surface area contributed by atoms with Crippen molar-refractivity contribution >= 4 is 28.5 Å². The summed E-state index contributed by atoms with van der Waals surface area (Å²) in [5.41, 5.74) is 0.356. The number of halogens is 1. The zero-order chi connectivity index (χ0) is 13.8. The van der Waals surface area contributed by atoms with Gasteiger partial charge in [-0.3, -0.25) is 4.79 Å². The highest BCUT2D eigenvalue weighted by Crippen LogP contribution is 2.37. The second-order valence-corrected chi connectivity index (χ2v) is 5.46. The summed E-state index contributed by atoms with van der Waals surface area (Å²) in [4.78, 5) is 23.5. The lowest BCUT2D eigenvalue weighted by atomic mass is 9.87. The Morgan fingerprint density at radius 3 is 2.84 bits per heavy atom. The zero-order valence-electron chi connectivity index (χ0n) is 10.3. The molecule has 0 saturated carbocycles. The second kappa shape index (κ2) is 3.84. The van der Waals surface area contributed by atoms with Gasteiger partial charge in [0.1, 0.15) is 5.54 Å². The lowest BCUT2D eigenvalue weighted by Gasteiger charge is -2.34. The van der Waals surface area contributed by atoms with Crippen LogP contribution < -0.4 is 5.43 Å². The van der Waals surface area contributed by atoms with Gasteiger partial charge in [0.25, 0.3) is 0 Å². The maximum Gasteiger partial charge on any atom is 0.329 e. The van der Waals surface area contributed by atoms with Crippen molar-refractivity contribution in [2.24, 2.45) is 0 Å². The summed E-state index contributed by atoms with van der Waals surface area (Å²) in [5, 5.41) is 10.6. The van der Waals surface area contributed by atoms with Crippen molar-refractivity contribution in [1.82, 2.24) is 4.57 Å². The van der Waals surface area contributed by atoms with Gasteiger partial charge in [-0.05, 0) is 37.5 Å². The highest BCUT2D eigenvalue weighted by Gasteiger charge is 2.39. The van der Waals surface area contributed by atoms with E-state index < -0.39 is 11.5 Å². The smallest absolute Gasteiger partial charge is 0.329 e. The first-order valence-electron chi connectivity index (χ1n) is 6.02. The van der Waals surface area contributed by atoms with Crippen molar-refractivity contribution in [3.05, 3.63) is 45.2 Å². The number of carboxylic acid groups (broad SMARTS) is 1. The lowest BCUT2D eigenvalue weighted by Crippen LogP contribution is -2.42. The number of aryl methyl sites for hydroxylation is 1.